The normalized spacial score (nSPS) is 10.6. The number of aromatic nitrogens is 2. The summed E-state index contributed by atoms with van der Waals surface area (Å²) in [6.07, 6.45) is 2.02. The molecular formula is C15H19N3S. The zero-order chi connectivity index (χ0) is 13.7. The van der Waals surface area contributed by atoms with Gasteiger partial charge in [0.2, 0.25) is 0 Å². The summed E-state index contributed by atoms with van der Waals surface area (Å²) in [5, 5.41) is 0. The number of hydrogen-bond acceptors (Lipinski definition) is 4. The zero-order valence-corrected chi connectivity index (χ0v) is 12.2. The lowest BCUT2D eigenvalue weighted by Crippen LogP contribution is -2.02. The van der Waals surface area contributed by atoms with Crippen LogP contribution in [0.15, 0.2) is 35.2 Å². The molecule has 2 aromatic rings. The van der Waals surface area contributed by atoms with Crippen LogP contribution in [-0.2, 0) is 12.2 Å². The first-order valence-corrected chi connectivity index (χ1v) is 7.48. The van der Waals surface area contributed by atoms with Crippen molar-refractivity contribution in [2.24, 2.45) is 0 Å². The minimum atomic E-state index is 0.568. The van der Waals surface area contributed by atoms with Crippen molar-refractivity contribution in [2.45, 2.75) is 37.3 Å². The summed E-state index contributed by atoms with van der Waals surface area (Å²) in [7, 11) is 0. The standard InChI is InChI=1S/C15H19N3S/c1-3-6-12-9-14(16)18-15(17-12)10-19-13-8-5-4-7-11(13)2/h4-5,7-9H,3,6,10H2,1-2H3,(H2,16,17,18). The Balaban J connectivity index is 2.09. The molecule has 0 aliphatic rings. The molecule has 2 N–H and O–H groups in total. The van der Waals surface area contributed by atoms with Crippen LogP contribution in [-0.4, -0.2) is 9.97 Å². The molecule has 0 amide bonds. The van der Waals surface area contributed by atoms with Gasteiger partial charge >= 0.3 is 0 Å². The molecule has 1 aromatic heterocycles. The van der Waals surface area contributed by atoms with Crippen LogP contribution in [0.2, 0.25) is 0 Å². The molecular weight excluding hydrogens is 254 g/mol. The molecule has 0 aliphatic heterocycles. The van der Waals surface area contributed by atoms with Crippen LogP contribution in [0.4, 0.5) is 5.82 Å². The van der Waals surface area contributed by atoms with Crippen molar-refractivity contribution in [2.75, 3.05) is 5.73 Å². The van der Waals surface area contributed by atoms with Gasteiger partial charge in [0.1, 0.15) is 11.6 Å². The molecule has 2 rings (SSSR count). The highest BCUT2D eigenvalue weighted by molar-refractivity contribution is 7.98. The fourth-order valence-electron chi connectivity index (χ4n) is 1.88. The molecule has 0 radical (unpaired) electrons. The van der Waals surface area contributed by atoms with E-state index in [1.165, 1.54) is 10.5 Å². The van der Waals surface area contributed by atoms with E-state index in [2.05, 4.69) is 48.1 Å². The van der Waals surface area contributed by atoms with Gasteiger partial charge in [-0.2, -0.15) is 0 Å². The number of benzene rings is 1. The summed E-state index contributed by atoms with van der Waals surface area (Å²) in [6.45, 7) is 4.26. The Kier molecular flexibility index (Phi) is 4.80. The first-order chi connectivity index (χ1) is 9.19. The molecule has 0 unspecified atom stereocenters. The minimum Gasteiger partial charge on any atom is -0.384 e. The second kappa shape index (κ2) is 6.57. The van der Waals surface area contributed by atoms with Crippen molar-refractivity contribution < 1.29 is 0 Å². The van der Waals surface area contributed by atoms with Gasteiger partial charge in [0.25, 0.3) is 0 Å². The number of hydrogen-bond donors (Lipinski definition) is 1. The highest BCUT2D eigenvalue weighted by atomic mass is 32.2. The van der Waals surface area contributed by atoms with Gasteiger partial charge in [-0.1, -0.05) is 31.5 Å². The number of anilines is 1. The van der Waals surface area contributed by atoms with Crippen LogP contribution < -0.4 is 5.73 Å². The number of aryl methyl sites for hydroxylation is 2. The molecule has 4 heteroatoms. The van der Waals surface area contributed by atoms with Gasteiger partial charge in [0.05, 0.1) is 5.75 Å². The molecule has 1 heterocycles. The van der Waals surface area contributed by atoms with Gasteiger partial charge in [-0.3, -0.25) is 0 Å². The topological polar surface area (TPSA) is 51.8 Å². The van der Waals surface area contributed by atoms with E-state index in [1.807, 2.05) is 6.07 Å². The van der Waals surface area contributed by atoms with Crippen LogP contribution in [0.3, 0.4) is 0 Å². The van der Waals surface area contributed by atoms with Crippen molar-refractivity contribution in [3.63, 3.8) is 0 Å². The van der Waals surface area contributed by atoms with E-state index < -0.39 is 0 Å². The Morgan fingerprint density at radius 1 is 1.21 bits per heavy atom. The molecule has 100 valence electrons. The Labute approximate surface area is 118 Å². The summed E-state index contributed by atoms with van der Waals surface area (Å²) >= 11 is 1.76. The number of nitrogens with two attached hydrogens (primary N) is 1. The molecule has 0 saturated heterocycles. The van der Waals surface area contributed by atoms with Gasteiger partial charge < -0.3 is 5.73 Å². The predicted octanol–water partition coefficient (Wildman–Crippen LogP) is 3.61. The number of nitrogens with zero attached hydrogens (tertiary/aromatic N) is 2. The van der Waals surface area contributed by atoms with Crippen LogP contribution in [0.25, 0.3) is 0 Å². The maximum Gasteiger partial charge on any atom is 0.141 e. The second-order valence-electron chi connectivity index (χ2n) is 4.50. The Morgan fingerprint density at radius 2 is 2.00 bits per heavy atom. The van der Waals surface area contributed by atoms with Gasteiger partial charge in [-0.05, 0) is 25.0 Å². The van der Waals surface area contributed by atoms with Gasteiger partial charge in [-0.25, -0.2) is 9.97 Å². The van der Waals surface area contributed by atoms with E-state index in [4.69, 9.17) is 5.73 Å². The third-order valence-electron chi connectivity index (χ3n) is 2.80. The molecule has 3 nitrogen and oxygen atoms in total. The van der Waals surface area contributed by atoms with Gasteiger partial charge in [-0.15, -0.1) is 11.8 Å². The van der Waals surface area contributed by atoms with E-state index in [1.54, 1.807) is 11.8 Å². The third-order valence-corrected chi connectivity index (χ3v) is 3.97. The van der Waals surface area contributed by atoms with Crippen molar-refractivity contribution >= 4 is 17.6 Å². The number of nitrogen functional groups attached to an aromatic ring is 1. The highest BCUT2D eigenvalue weighted by Crippen LogP contribution is 2.24. The van der Waals surface area contributed by atoms with Crippen molar-refractivity contribution in [3.05, 3.63) is 47.4 Å². The zero-order valence-electron chi connectivity index (χ0n) is 11.4. The second-order valence-corrected chi connectivity index (χ2v) is 5.52. The van der Waals surface area contributed by atoms with E-state index in [0.29, 0.717) is 5.82 Å². The molecule has 0 atom stereocenters. The summed E-state index contributed by atoms with van der Waals surface area (Å²) in [4.78, 5) is 10.1. The van der Waals surface area contributed by atoms with Crippen LogP contribution in [0.1, 0.15) is 30.4 Å². The fraction of sp³-hybridized carbons (Fsp3) is 0.333. The lowest BCUT2D eigenvalue weighted by Gasteiger charge is -2.06. The number of rotatable bonds is 5. The van der Waals surface area contributed by atoms with Gasteiger partial charge in [0.15, 0.2) is 0 Å². The van der Waals surface area contributed by atoms with E-state index >= 15 is 0 Å². The highest BCUT2D eigenvalue weighted by Gasteiger charge is 2.04. The Morgan fingerprint density at radius 3 is 2.74 bits per heavy atom. The summed E-state index contributed by atoms with van der Waals surface area (Å²) in [6, 6.07) is 10.2. The van der Waals surface area contributed by atoms with Crippen LogP contribution >= 0.6 is 11.8 Å². The first kappa shape index (κ1) is 13.9. The van der Waals surface area contributed by atoms with E-state index in [0.717, 1.165) is 30.1 Å². The molecule has 1 aromatic carbocycles. The Bertz CT molecular complexity index is 555. The summed E-state index contributed by atoms with van der Waals surface area (Å²) in [5.41, 5.74) is 8.15. The molecule has 0 bridgehead atoms. The smallest absolute Gasteiger partial charge is 0.141 e. The van der Waals surface area contributed by atoms with E-state index in [9.17, 15) is 0 Å². The maximum atomic E-state index is 5.83. The van der Waals surface area contributed by atoms with E-state index in [-0.39, 0.29) is 0 Å². The monoisotopic (exact) mass is 273 g/mol. The SMILES string of the molecule is CCCc1cc(N)nc(CSc2ccccc2C)n1. The summed E-state index contributed by atoms with van der Waals surface area (Å²) in [5.74, 6) is 2.14. The predicted molar refractivity (Wildman–Crippen MR) is 81.2 cm³/mol. The molecule has 0 saturated carbocycles. The minimum absolute atomic E-state index is 0.568. The first-order valence-electron chi connectivity index (χ1n) is 6.49. The lowest BCUT2D eigenvalue weighted by molar-refractivity contribution is 0.856. The van der Waals surface area contributed by atoms with Crippen LogP contribution in [0.5, 0.6) is 0 Å². The quantitative estimate of drug-likeness (QED) is 0.845. The van der Waals surface area contributed by atoms with Crippen molar-refractivity contribution in [1.82, 2.24) is 9.97 Å². The average molecular weight is 273 g/mol. The largest absolute Gasteiger partial charge is 0.384 e. The molecule has 0 aliphatic carbocycles. The Hall–Kier alpha value is -1.55. The lowest BCUT2D eigenvalue weighted by atomic mass is 10.2. The fourth-order valence-corrected chi connectivity index (χ4v) is 2.77. The molecule has 0 fully saturated rings. The molecule has 19 heavy (non-hydrogen) atoms. The maximum absolute atomic E-state index is 5.83. The number of thioether (sulfide) groups is 1. The molecule has 0 spiro atoms. The average Bonchev–Trinajstić information content (AvgIpc) is 2.37. The third kappa shape index (κ3) is 3.96. The van der Waals surface area contributed by atoms with Crippen LogP contribution in [0, 0.1) is 6.92 Å². The van der Waals surface area contributed by atoms with Crippen molar-refractivity contribution in [3.8, 4) is 0 Å². The van der Waals surface area contributed by atoms with Gasteiger partial charge in [0, 0.05) is 16.7 Å². The van der Waals surface area contributed by atoms with Crippen molar-refractivity contribution in [1.29, 1.82) is 0 Å². The summed E-state index contributed by atoms with van der Waals surface area (Å²) < 4.78 is 0.